The van der Waals surface area contributed by atoms with Crippen molar-refractivity contribution in [3.63, 3.8) is 0 Å². The zero-order chi connectivity index (χ0) is 19.2. The second-order valence-electron chi connectivity index (χ2n) is 7.11. The van der Waals surface area contributed by atoms with Crippen LogP contribution in [-0.4, -0.2) is 62.3 Å². The van der Waals surface area contributed by atoms with Gasteiger partial charge in [-0.25, -0.2) is 4.79 Å². The van der Waals surface area contributed by atoms with Gasteiger partial charge in [-0.15, -0.1) is 0 Å². The molecule has 148 valence electrons. The molecule has 2 aliphatic rings. The topological polar surface area (TPSA) is 71.1 Å². The van der Waals surface area contributed by atoms with Crippen molar-refractivity contribution in [1.29, 1.82) is 0 Å². The zero-order valence-electron chi connectivity index (χ0n) is 16.1. The van der Waals surface area contributed by atoms with E-state index in [0.29, 0.717) is 25.7 Å². The Labute approximate surface area is 160 Å². The number of benzene rings is 1. The number of amides is 2. The Kier molecular flexibility index (Phi) is 6.55. The number of hydrogen-bond acceptors (Lipinski definition) is 5. The molecule has 0 aliphatic carbocycles. The standard InChI is InChI=1S/C20H29N3O4/c1-3-27-20(25)23-17-7-8-18(23)12-15(11-17)21-9-10-22(14-24)16-5-4-6-19(13-16)26-2/h4-6,13-15,17-18,21H,3,7-12H2,1-2H3. The van der Waals surface area contributed by atoms with E-state index in [0.717, 1.165) is 43.5 Å². The summed E-state index contributed by atoms with van der Waals surface area (Å²) in [6, 6.07) is 8.38. The van der Waals surface area contributed by atoms with Crippen LogP contribution in [0.25, 0.3) is 0 Å². The van der Waals surface area contributed by atoms with Gasteiger partial charge in [0.05, 0.1) is 13.7 Å². The molecule has 2 fully saturated rings. The molecule has 1 N–H and O–H groups in total. The number of carbonyl (C=O) groups excluding carboxylic acids is 2. The van der Waals surface area contributed by atoms with Crippen LogP contribution in [0.5, 0.6) is 5.75 Å². The molecule has 2 saturated heterocycles. The van der Waals surface area contributed by atoms with Crippen LogP contribution in [0.3, 0.4) is 0 Å². The van der Waals surface area contributed by atoms with Gasteiger partial charge in [-0.05, 0) is 44.7 Å². The second kappa shape index (κ2) is 9.08. The third-order valence-electron chi connectivity index (χ3n) is 5.51. The fourth-order valence-corrected chi connectivity index (χ4v) is 4.26. The molecule has 3 rings (SSSR count). The summed E-state index contributed by atoms with van der Waals surface area (Å²) in [6.07, 6.45) is 4.65. The SMILES string of the molecule is CCOC(=O)N1C2CCC1CC(NCCN(C=O)c1cccc(OC)c1)C2. The minimum absolute atomic E-state index is 0.173. The van der Waals surface area contributed by atoms with Gasteiger partial charge >= 0.3 is 6.09 Å². The first-order chi connectivity index (χ1) is 13.2. The van der Waals surface area contributed by atoms with Gasteiger partial charge in [0, 0.05) is 43.0 Å². The highest BCUT2D eigenvalue weighted by Gasteiger charge is 2.43. The number of ether oxygens (including phenoxy) is 2. The Hall–Kier alpha value is -2.28. The highest BCUT2D eigenvalue weighted by atomic mass is 16.6. The molecule has 2 amide bonds. The molecule has 0 radical (unpaired) electrons. The quantitative estimate of drug-likeness (QED) is 0.707. The van der Waals surface area contributed by atoms with Gasteiger partial charge in [-0.2, -0.15) is 0 Å². The maximum atomic E-state index is 12.1. The van der Waals surface area contributed by atoms with Gasteiger partial charge in [-0.3, -0.25) is 4.79 Å². The average Bonchev–Trinajstić information content (AvgIpc) is 2.96. The van der Waals surface area contributed by atoms with E-state index in [1.54, 1.807) is 12.0 Å². The van der Waals surface area contributed by atoms with Gasteiger partial charge in [0.2, 0.25) is 6.41 Å². The number of hydrogen-bond donors (Lipinski definition) is 1. The van der Waals surface area contributed by atoms with Crippen molar-refractivity contribution < 1.29 is 19.1 Å². The molecule has 0 saturated carbocycles. The van der Waals surface area contributed by atoms with E-state index < -0.39 is 0 Å². The molecule has 2 bridgehead atoms. The minimum Gasteiger partial charge on any atom is -0.497 e. The van der Waals surface area contributed by atoms with Crippen molar-refractivity contribution in [2.75, 3.05) is 31.7 Å². The monoisotopic (exact) mass is 375 g/mol. The van der Waals surface area contributed by atoms with Crippen molar-refractivity contribution in [2.24, 2.45) is 0 Å². The van der Waals surface area contributed by atoms with Gasteiger partial charge in [0.15, 0.2) is 0 Å². The molecule has 27 heavy (non-hydrogen) atoms. The predicted octanol–water partition coefficient (Wildman–Crippen LogP) is 2.40. The molecule has 1 aromatic carbocycles. The van der Waals surface area contributed by atoms with Crippen molar-refractivity contribution in [3.05, 3.63) is 24.3 Å². The molecule has 2 aliphatic heterocycles. The van der Waals surface area contributed by atoms with Gasteiger partial charge < -0.3 is 24.6 Å². The Morgan fingerprint density at radius 3 is 2.70 bits per heavy atom. The second-order valence-corrected chi connectivity index (χ2v) is 7.11. The lowest BCUT2D eigenvalue weighted by Crippen LogP contribution is -2.52. The summed E-state index contributed by atoms with van der Waals surface area (Å²) in [7, 11) is 1.61. The molecule has 2 heterocycles. The van der Waals surface area contributed by atoms with E-state index in [2.05, 4.69) is 5.32 Å². The number of fused-ring (bicyclic) bond motifs is 2. The smallest absolute Gasteiger partial charge is 0.410 e. The van der Waals surface area contributed by atoms with Crippen LogP contribution >= 0.6 is 0 Å². The maximum absolute atomic E-state index is 12.1. The summed E-state index contributed by atoms with van der Waals surface area (Å²) in [5.74, 6) is 0.732. The van der Waals surface area contributed by atoms with Crippen molar-refractivity contribution >= 4 is 18.2 Å². The van der Waals surface area contributed by atoms with Gasteiger partial charge in [0.25, 0.3) is 0 Å². The van der Waals surface area contributed by atoms with Crippen LogP contribution in [-0.2, 0) is 9.53 Å². The Morgan fingerprint density at radius 1 is 1.33 bits per heavy atom. The highest BCUT2D eigenvalue weighted by molar-refractivity contribution is 5.75. The van der Waals surface area contributed by atoms with Crippen molar-refractivity contribution in [3.8, 4) is 5.75 Å². The summed E-state index contributed by atoms with van der Waals surface area (Å²) in [5.41, 5.74) is 0.823. The summed E-state index contributed by atoms with van der Waals surface area (Å²) in [4.78, 5) is 27.2. The first-order valence-electron chi connectivity index (χ1n) is 9.70. The average molecular weight is 375 g/mol. The zero-order valence-corrected chi connectivity index (χ0v) is 16.1. The first-order valence-corrected chi connectivity index (χ1v) is 9.70. The van der Waals surface area contributed by atoms with Crippen LogP contribution in [0.4, 0.5) is 10.5 Å². The largest absolute Gasteiger partial charge is 0.497 e. The summed E-state index contributed by atoms with van der Waals surface area (Å²) >= 11 is 0. The van der Waals surface area contributed by atoms with Crippen LogP contribution in [0, 0.1) is 0 Å². The number of methoxy groups -OCH3 is 1. The third kappa shape index (κ3) is 4.53. The number of piperidine rings is 1. The molecule has 7 heteroatoms. The van der Waals surface area contributed by atoms with E-state index >= 15 is 0 Å². The molecule has 1 aromatic rings. The Bertz CT molecular complexity index is 640. The summed E-state index contributed by atoms with van der Waals surface area (Å²) < 4.78 is 10.4. The van der Waals surface area contributed by atoms with Crippen LogP contribution in [0.2, 0.25) is 0 Å². The predicted molar refractivity (Wildman–Crippen MR) is 103 cm³/mol. The van der Waals surface area contributed by atoms with Crippen LogP contribution < -0.4 is 15.0 Å². The Morgan fingerprint density at radius 2 is 2.07 bits per heavy atom. The molecular weight excluding hydrogens is 346 g/mol. The van der Waals surface area contributed by atoms with E-state index in [4.69, 9.17) is 9.47 Å². The lowest BCUT2D eigenvalue weighted by molar-refractivity contribution is -0.107. The normalized spacial score (nSPS) is 23.8. The molecule has 7 nitrogen and oxygen atoms in total. The summed E-state index contributed by atoms with van der Waals surface area (Å²) in [6.45, 7) is 3.56. The maximum Gasteiger partial charge on any atom is 0.410 e. The van der Waals surface area contributed by atoms with E-state index in [1.807, 2.05) is 36.1 Å². The number of nitrogens with zero attached hydrogens (tertiary/aromatic N) is 2. The highest BCUT2D eigenvalue weighted by Crippen LogP contribution is 2.36. The van der Waals surface area contributed by atoms with Crippen LogP contribution in [0.1, 0.15) is 32.6 Å². The first kappa shape index (κ1) is 19.5. The van der Waals surface area contributed by atoms with Gasteiger partial charge in [-0.1, -0.05) is 6.07 Å². The number of rotatable bonds is 8. The molecule has 2 atom stereocenters. The fourth-order valence-electron chi connectivity index (χ4n) is 4.26. The number of anilines is 1. The number of nitrogens with one attached hydrogen (secondary N) is 1. The third-order valence-corrected chi connectivity index (χ3v) is 5.51. The van der Waals surface area contributed by atoms with Gasteiger partial charge in [0.1, 0.15) is 5.75 Å². The molecule has 0 aromatic heterocycles. The minimum atomic E-state index is -0.173. The van der Waals surface area contributed by atoms with E-state index in [9.17, 15) is 9.59 Å². The van der Waals surface area contributed by atoms with E-state index in [-0.39, 0.29) is 18.2 Å². The Balaban J connectivity index is 1.49. The number of carbonyl (C=O) groups is 2. The molecule has 2 unspecified atom stereocenters. The van der Waals surface area contributed by atoms with Crippen molar-refractivity contribution in [2.45, 2.75) is 50.7 Å². The fraction of sp³-hybridized carbons (Fsp3) is 0.600. The molecule has 0 spiro atoms. The van der Waals surface area contributed by atoms with Crippen molar-refractivity contribution in [1.82, 2.24) is 10.2 Å². The molecular formula is C20H29N3O4. The van der Waals surface area contributed by atoms with Crippen LogP contribution in [0.15, 0.2) is 24.3 Å². The lowest BCUT2D eigenvalue weighted by Gasteiger charge is -2.38. The van der Waals surface area contributed by atoms with E-state index in [1.165, 1.54) is 0 Å². The summed E-state index contributed by atoms with van der Waals surface area (Å²) in [5, 5.41) is 3.57. The lowest BCUT2D eigenvalue weighted by atomic mass is 9.98.